The van der Waals surface area contributed by atoms with Crippen LogP contribution in [0.15, 0.2) is 18.2 Å². The Morgan fingerprint density at radius 1 is 1.05 bits per heavy atom. The topological polar surface area (TPSA) is 32.8 Å². The van der Waals surface area contributed by atoms with Crippen molar-refractivity contribution < 1.29 is 9.84 Å². The van der Waals surface area contributed by atoms with Crippen LogP contribution in [0.2, 0.25) is 0 Å². The van der Waals surface area contributed by atoms with Gasteiger partial charge in [0, 0.05) is 5.56 Å². The van der Waals surface area contributed by atoms with E-state index in [-0.39, 0.29) is 6.10 Å². The van der Waals surface area contributed by atoms with Crippen molar-refractivity contribution in [3.63, 3.8) is 0 Å². The van der Waals surface area contributed by atoms with E-state index in [4.69, 9.17) is 4.74 Å². The highest BCUT2D eigenvalue weighted by Gasteiger charge is 2.29. The van der Waals surface area contributed by atoms with Gasteiger partial charge in [0.05, 0.1) is 6.61 Å². The molecule has 1 heterocycles. The summed E-state index contributed by atoms with van der Waals surface area (Å²) in [6, 6.07) is 5.85. The first-order valence-electron chi connectivity index (χ1n) is 8.25. The molecule has 1 aliphatic rings. The number of benzene rings is 1. The lowest BCUT2D eigenvalue weighted by atomic mass is 9.98. The van der Waals surface area contributed by atoms with Crippen molar-refractivity contribution in [2.45, 2.75) is 70.8 Å². The van der Waals surface area contributed by atoms with Crippen molar-refractivity contribution in [3.8, 4) is 5.75 Å². The predicted molar refractivity (Wildman–Crippen MR) is 83.1 cm³/mol. The Morgan fingerprint density at radius 2 is 1.70 bits per heavy atom. The number of aromatic hydroxyl groups is 1. The van der Waals surface area contributed by atoms with Crippen molar-refractivity contribution in [2.24, 2.45) is 0 Å². The molecule has 1 aromatic carbocycles. The highest BCUT2D eigenvalue weighted by Crippen LogP contribution is 2.38. The minimum absolute atomic E-state index is 0.153. The average Bonchev–Trinajstić information content (AvgIpc) is 3.26. The van der Waals surface area contributed by atoms with E-state index in [1.807, 2.05) is 6.07 Å². The molecule has 1 aliphatic heterocycles. The van der Waals surface area contributed by atoms with E-state index in [0.29, 0.717) is 5.75 Å². The summed E-state index contributed by atoms with van der Waals surface area (Å²) in [5.41, 5.74) is 2.31. The molecular weight excluding hydrogens is 248 g/mol. The first kappa shape index (κ1) is 15.4. The summed E-state index contributed by atoms with van der Waals surface area (Å²) in [5, 5.41) is 9.94. The van der Waals surface area contributed by atoms with Crippen LogP contribution in [0.4, 0.5) is 0 Å². The van der Waals surface area contributed by atoms with E-state index in [0.717, 1.165) is 18.6 Å². The number of hydrogen-bond donors (Lipinski definition) is 1. The van der Waals surface area contributed by atoms with Gasteiger partial charge in [0.15, 0.2) is 0 Å². The molecule has 1 atom stereocenters. The summed E-state index contributed by atoms with van der Waals surface area (Å²) in [6.45, 7) is 3.03. The third-order valence-electron chi connectivity index (χ3n) is 4.13. The zero-order valence-corrected chi connectivity index (χ0v) is 12.7. The summed E-state index contributed by atoms with van der Waals surface area (Å²) in [4.78, 5) is 0. The number of aryl methyl sites for hydroxylation is 1. The Labute approximate surface area is 123 Å². The molecular formula is C18H28O2. The van der Waals surface area contributed by atoms with E-state index in [1.54, 1.807) is 6.07 Å². The minimum Gasteiger partial charge on any atom is -0.508 e. The molecule has 20 heavy (non-hydrogen) atoms. The van der Waals surface area contributed by atoms with E-state index in [1.165, 1.54) is 56.9 Å². The Kier molecular flexibility index (Phi) is 6.38. The minimum atomic E-state index is 0.153. The van der Waals surface area contributed by atoms with Crippen molar-refractivity contribution in [2.75, 3.05) is 6.61 Å². The third-order valence-corrected chi connectivity index (χ3v) is 4.13. The monoisotopic (exact) mass is 276 g/mol. The maximum Gasteiger partial charge on any atom is 0.121 e. The second kappa shape index (κ2) is 8.31. The van der Waals surface area contributed by atoms with E-state index in [9.17, 15) is 5.11 Å². The molecule has 0 radical (unpaired) electrons. The van der Waals surface area contributed by atoms with Crippen LogP contribution in [0, 0.1) is 0 Å². The molecule has 0 spiro atoms. The number of epoxide rings is 1. The van der Waals surface area contributed by atoms with Gasteiger partial charge in [0.25, 0.3) is 0 Å². The molecule has 112 valence electrons. The second-order valence-electron chi connectivity index (χ2n) is 5.90. The van der Waals surface area contributed by atoms with Gasteiger partial charge < -0.3 is 9.84 Å². The Morgan fingerprint density at radius 3 is 2.35 bits per heavy atom. The predicted octanol–water partition coefficient (Wildman–Crippen LogP) is 5.15. The molecule has 1 unspecified atom stereocenters. The van der Waals surface area contributed by atoms with Gasteiger partial charge in [0.1, 0.15) is 11.9 Å². The lowest BCUT2D eigenvalue weighted by Crippen LogP contribution is -1.94. The van der Waals surface area contributed by atoms with Gasteiger partial charge in [-0.15, -0.1) is 0 Å². The Hall–Kier alpha value is -1.02. The molecule has 2 heteroatoms. The molecule has 1 saturated heterocycles. The van der Waals surface area contributed by atoms with Gasteiger partial charge in [-0.2, -0.15) is 0 Å². The first-order valence-corrected chi connectivity index (χ1v) is 8.25. The Balaban J connectivity index is 1.66. The number of phenols is 1. The smallest absolute Gasteiger partial charge is 0.121 e. The molecule has 0 aromatic heterocycles. The summed E-state index contributed by atoms with van der Waals surface area (Å²) >= 11 is 0. The van der Waals surface area contributed by atoms with Gasteiger partial charge in [-0.1, -0.05) is 64.0 Å². The van der Waals surface area contributed by atoms with Gasteiger partial charge in [-0.25, -0.2) is 0 Å². The van der Waals surface area contributed by atoms with E-state index >= 15 is 0 Å². The van der Waals surface area contributed by atoms with Crippen LogP contribution >= 0.6 is 0 Å². The average molecular weight is 276 g/mol. The van der Waals surface area contributed by atoms with Gasteiger partial charge in [-0.3, -0.25) is 0 Å². The van der Waals surface area contributed by atoms with Crippen LogP contribution in [0.1, 0.15) is 75.5 Å². The van der Waals surface area contributed by atoms with Crippen molar-refractivity contribution in [3.05, 3.63) is 29.3 Å². The fraction of sp³-hybridized carbons (Fsp3) is 0.667. The van der Waals surface area contributed by atoms with Crippen LogP contribution < -0.4 is 0 Å². The molecule has 0 bridgehead atoms. The molecule has 2 rings (SSSR count). The van der Waals surface area contributed by atoms with Crippen LogP contribution in [0.25, 0.3) is 0 Å². The van der Waals surface area contributed by atoms with Crippen molar-refractivity contribution in [1.82, 2.24) is 0 Å². The van der Waals surface area contributed by atoms with E-state index < -0.39 is 0 Å². The maximum absolute atomic E-state index is 9.94. The molecule has 0 amide bonds. The zero-order chi connectivity index (χ0) is 14.2. The first-order chi connectivity index (χ1) is 9.83. The molecule has 0 aliphatic carbocycles. The van der Waals surface area contributed by atoms with E-state index in [2.05, 4.69) is 13.0 Å². The second-order valence-corrected chi connectivity index (χ2v) is 5.90. The van der Waals surface area contributed by atoms with Gasteiger partial charge in [-0.05, 0) is 24.5 Å². The number of ether oxygens (including phenoxy) is 1. The quantitative estimate of drug-likeness (QED) is 0.473. The Bertz CT molecular complexity index is 396. The number of hydrogen-bond acceptors (Lipinski definition) is 2. The summed E-state index contributed by atoms with van der Waals surface area (Å²) < 4.78 is 5.34. The largest absolute Gasteiger partial charge is 0.508 e. The SMILES string of the molecule is CCCCCCCCCCc1cccc(O)c1C1CO1. The highest BCUT2D eigenvalue weighted by atomic mass is 16.6. The van der Waals surface area contributed by atoms with Gasteiger partial charge in [0.2, 0.25) is 0 Å². The molecule has 2 nitrogen and oxygen atoms in total. The lowest BCUT2D eigenvalue weighted by molar-refractivity contribution is 0.398. The van der Waals surface area contributed by atoms with Crippen molar-refractivity contribution >= 4 is 0 Å². The van der Waals surface area contributed by atoms with Gasteiger partial charge >= 0.3 is 0 Å². The molecule has 0 saturated carbocycles. The lowest BCUT2D eigenvalue weighted by Gasteiger charge is -2.09. The highest BCUT2D eigenvalue weighted by molar-refractivity contribution is 5.42. The third kappa shape index (κ3) is 4.82. The van der Waals surface area contributed by atoms with Crippen LogP contribution in [0.5, 0.6) is 5.75 Å². The number of rotatable bonds is 10. The zero-order valence-electron chi connectivity index (χ0n) is 12.7. The maximum atomic E-state index is 9.94. The standard InChI is InChI=1S/C18H28O2/c1-2-3-4-5-6-7-8-9-11-15-12-10-13-16(19)18(15)17-14-20-17/h10,12-13,17,19H,2-9,11,14H2,1H3. The summed E-state index contributed by atoms with van der Waals surface area (Å²) in [7, 11) is 0. The molecule has 1 aromatic rings. The van der Waals surface area contributed by atoms with Crippen LogP contribution in [-0.2, 0) is 11.2 Å². The fourth-order valence-electron chi connectivity index (χ4n) is 2.85. The summed E-state index contributed by atoms with van der Waals surface area (Å²) in [5.74, 6) is 0.407. The van der Waals surface area contributed by atoms with Crippen LogP contribution in [-0.4, -0.2) is 11.7 Å². The molecule has 1 N–H and O–H groups in total. The number of unbranched alkanes of at least 4 members (excludes halogenated alkanes) is 7. The van der Waals surface area contributed by atoms with Crippen molar-refractivity contribution in [1.29, 1.82) is 0 Å². The van der Waals surface area contributed by atoms with Crippen LogP contribution in [0.3, 0.4) is 0 Å². The fourth-order valence-corrected chi connectivity index (χ4v) is 2.85. The normalized spacial score (nSPS) is 17.4. The number of phenolic OH excluding ortho intramolecular Hbond substituents is 1. The summed E-state index contributed by atoms with van der Waals surface area (Å²) in [6.07, 6.45) is 11.9. The molecule has 1 fully saturated rings.